The Labute approximate surface area is 56.8 Å². The first-order chi connectivity index (χ1) is 4.57. The van der Waals surface area contributed by atoms with Crippen molar-refractivity contribution in [1.29, 1.82) is 0 Å². The quantitative estimate of drug-likeness (QED) is 0.508. The van der Waals surface area contributed by atoms with Crippen LogP contribution in [-0.4, -0.2) is 36.0 Å². The summed E-state index contributed by atoms with van der Waals surface area (Å²) >= 11 is 0. The van der Waals surface area contributed by atoms with Crippen molar-refractivity contribution in [2.24, 2.45) is 5.73 Å². The molecule has 0 saturated carbocycles. The van der Waals surface area contributed by atoms with Crippen LogP contribution in [0.25, 0.3) is 0 Å². The Morgan fingerprint density at radius 3 is 2.70 bits per heavy atom. The fourth-order valence-electron chi connectivity index (χ4n) is 0.766. The maximum Gasteiger partial charge on any atom is 0.329 e. The third kappa shape index (κ3) is 0.871. The number of ether oxygens (including phenoxy) is 1. The van der Waals surface area contributed by atoms with Crippen LogP contribution in [0.5, 0.6) is 0 Å². The molecule has 3 N–H and O–H groups in total. The SMILES string of the molecule is N[C@@]1(C(=O)O)COCC1F. The maximum absolute atomic E-state index is 12.6. The Kier molecular flexibility index (Phi) is 1.61. The number of alkyl halides is 1. The molecule has 4 nitrogen and oxygen atoms in total. The Morgan fingerprint density at radius 1 is 1.90 bits per heavy atom. The van der Waals surface area contributed by atoms with E-state index in [0.29, 0.717) is 0 Å². The summed E-state index contributed by atoms with van der Waals surface area (Å²) in [6, 6.07) is 0. The molecule has 1 rings (SSSR count). The summed E-state index contributed by atoms with van der Waals surface area (Å²) in [7, 11) is 0. The zero-order valence-corrected chi connectivity index (χ0v) is 5.21. The molecule has 10 heavy (non-hydrogen) atoms. The highest BCUT2D eigenvalue weighted by atomic mass is 19.1. The third-order valence-corrected chi connectivity index (χ3v) is 1.56. The van der Waals surface area contributed by atoms with Gasteiger partial charge in [-0.3, -0.25) is 4.79 Å². The fourth-order valence-corrected chi connectivity index (χ4v) is 0.766. The molecule has 0 aromatic heterocycles. The van der Waals surface area contributed by atoms with Crippen LogP contribution in [0.2, 0.25) is 0 Å². The first-order valence-electron chi connectivity index (χ1n) is 2.81. The van der Waals surface area contributed by atoms with E-state index in [0.717, 1.165) is 0 Å². The molecule has 1 fully saturated rings. The van der Waals surface area contributed by atoms with Crippen LogP contribution in [0, 0.1) is 0 Å². The molecule has 0 amide bonds. The number of nitrogens with two attached hydrogens (primary N) is 1. The molecule has 0 aromatic carbocycles. The highest BCUT2D eigenvalue weighted by Gasteiger charge is 2.48. The molecule has 2 atom stereocenters. The normalized spacial score (nSPS) is 40.0. The summed E-state index contributed by atoms with van der Waals surface area (Å²) in [5.41, 5.74) is 3.33. The van der Waals surface area contributed by atoms with E-state index in [9.17, 15) is 9.18 Å². The van der Waals surface area contributed by atoms with E-state index in [1.807, 2.05) is 0 Å². The van der Waals surface area contributed by atoms with Gasteiger partial charge in [0.05, 0.1) is 13.2 Å². The predicted molar refractivity (Wildman–Crippen MR) is 30.3 cm³/mol. The summed E-state index contributed by atoms with van der Waals surface area (Å²) in [5, 5.41) is 8.40. The lowest BCUT2D eigenvalue weighted by molar-refractivity contribution is -0.144. The van der Waals surface area contributed by atoms with Gasteiger partial charge in [0, 0.05) is 0 Å². The Balaban J connectivity index is 2.75. The van der Waals surface area contributed by atoms with Gasteiger partial charge in [-0.2, -0.15) is 0 Å². The molecule has 0 aliphatic carbocycles. The fraction of sp³-hybridized carbons (Fsp3) is 0.800. The lowest BCUT2D eigenvalue weighted by Gasteiger charge is -2.17. The van der Waals surface area contributed by atoms with Gasteiger partial charge in [0.15, 0.2) is 11.7 Å². The van der Waals surface area contributed by atoms with Gasteiger partial charge >= 0.3 is 5.97 Å². The zero-order chi connectivity index (χ0) is 7.78. The zero-order valence-electron chi connectivity index (χ0n) is 5.21. The smallest absolute Gasteiger partial charge is 0.329 e. The van der Waals surface area contributed by atoms with Crippen LogP contribution in [0.4, 0.5) is 4.39 Å². The first kappa shape index (κ1) is 7.43. The van der Waals surface area contributed by atoms with Crippen LogP contribution in [0.15, 0.2) is 0 Å². The van der Waals surface area contributed by atoms with Gasteiger partial charge in [-0.05, 0) is 0 Å². The van der Waals surface area contributed by atoms with E-state index in [4.69, 9.17) is 10.8 Å². The van der Waals surface area contributed by atoms with Crippen molar-refractivity contribution in [3.63, 3.8) is 0 Å². The molecule has 0 spiro atoms. The molecule has 1 aliphatic heterocycles. The van der Waals surface area contributed by atoms with Crippen molar-refractivity contribution >= 4 is 5.97 Å². The molecular weight excluding hydrogens is 141 g/mol. The molecule has 1 aliphatic rings. The molecule has 0 radical (unpaired) electrons. The summed E-state index contributed by atoms with van der Waals surface area (Å²) in [5.74, 6) is -1.35. The highest BCUT2D eigenvalue weighted by molar-refractivity contribution is 5.80. The third-order valence-electron chi connectivity index (χ3n) is 1.56. The first-order valence-corrected chi connectivity index (χ1v) is 2.81. The Bertz CT molecular complexity index is 163. The lowest BCUT2D eigenvalue weighted by Crippen LogP contribution is -2.55. The van der Waals surface area contributed by atoms with E-state index in [1.165, 1.54) is 0 Å². The second-order valence-corrected chi connectivity index (χ2v) is 2.33. The van der Waals surface area contributed by atoms with Gasteiger partial charge in [0.1, 0.15) is 0 Å². The Hall–Kier alpha value is -0.680. The van der Waals surface area contributed by atoms with Crippen molar-refractivity contribution in [3.05, 3.63) is 0 Å². The number of hydrogen-bond acceptors (Lipinski definition) is 3. The summed E-state index contributed by atoms with van der Waals surface area (Å²) in [6.07, 6.45) is -1.59. The van der Waals surface area contributed by atoms with Gasteiger partial charge < -0.3 is 15.6 Å². The summed E-state index contributed by atoms with van der Waals surface area (Å²) in [6.45, 7) is -0.466. The number of carboxylic acids is 1. The minimum atomic E-state index is -1.82. The van der Waals surface area contributed by atoms with Crippen molar-refractivity contribution < 1.29 is 19.0 Å². The molecule has 0 bridgehead atoms. The van der Waals surface area contributed by atoms with Crippen molar-refractivity contribution in [1.82, 2.24) is 0 Å². The number of carboxylic acid groups (broad SMARTS) is 1. The van der Waals surface area contributed by atoms with E-state index in [1.54, 1.807) is 0 Å². The topological polar surface area (TPSA) is 72.6 Å². The maximum atomic E-state index is 12.6. The molecule has 1 unspecified atom stereocenters. The second kappa shape index (κ2) is 2.17. The monoisotopic (exact) mass is 149 g/mol. The standard InChI is InChI=1S/C5H8FNO3/c6-3-1-10-2-5(3,7)4(8)9/h3H,1-2,7H2,(H,8,9)/t3?,5-/m0/s1. The Morgan fingerprint density at radius 2 is 2.50 bits per heavy atom. The minimum absolute atomic E-state index is 0.219. The molecule has 1 saturated heterocycles. The number of hydrogen-bond donors (Lipinski definition) is 2. The number of rotatable bonds is 1. The molecule has 58 valence electrons. The highest BCUT2D eigenvalue weighted by Crippen LogP contribution is 2.19. The lowest BCUT2D eigenvalue weighted by atomic mass is 9.99. The van der Waals surface area contributed by atoms with Crippen LogP contribution < -0.4 is 5.73 Å². The molecule has 5 heteroatoms. The average molecular weight is 149 g/mol. The van der Waals surface area contributed by atoms with Crippen LogP contribution >= 0.6 is 0 Å². The van der Waals surface area contributed by atoms with Crippen molar-refractivity contribution in [2.75, 3.05) is 13.2 Å². The van der Waals surface area contributed by atoms with E-state index >= 15 is 0 Å². The summed E-state index contributed by atoms with van der Waals surface area (Å²) < 4.78 is 17.1. The number of aliphatic carboxylic acids is 1. The minimum Gasteiger partial charge on any atom is -0.480 e. The largest absolute Gasteiger partial charge is 0.480 e. The van der Waals surface area contributed by atoms with Gasteiger partial charge in [-0.15, -0.1) is 0 Å². The van der Waals surface area contributed by atoms with Gasteiger partial charge in [-0.1, -0.05) is 0 Å². The van der Waals surface area contributed by atoms with Crippen LogP contribution in [-0.2, 0) is 9.53 Å². The van der Waals surface area contributed by atoms with Gasteiger partial charge in [0.25, 0.3) is 0 Å². The molecule has 0 aromatic rings. The molecular formula is C5H8FNO3. The second-order valence-electron chi connectivity index (χ2n) is 2.33. The van der Waals surface area contributed by atoms with E-state index in [2.05, 4.69) is 4.74 Å². The number of carbonyl (C=O) groups is 1. The van der Waals surface area contributed by atoms with E-state index in [-0.39, 0.29) is 13.2 Å². The average Bonchev–Trinajstić information content (AvgIpc) is 2.15. The van der Waals surface area contributed by atoms with Crippen molar-refractivity contribution in [2.45, 2.75) is 11.7 Å². The number of halogens is 1. The molecule has 1 heterocycles. The van der Waals surface area contributed by atoms with Gasteiger partial charge in [-0.25, -0.2) is 4.39 Å². The van der Waals surface area contributed by atoms with E-state index < -0.39 is 17.7 Å². The van der Waals surface area contributed by atoms with Crippen LogP contribution in [0.3, 0.4) is 0 Å². The summed E-state index contributed by atoms with van der Waals surface area (Å²) in [4.78, 5) is 10.3. The van der Waals surface area contributed by atoms with Crippen LogP contribution in [0.1, 0.15) is 0 Å². The predicted octanol–water partition coefficient (Wildman–Crippen LogP) is -0.863. The van der Waals surface area contributed by atoms with Crippen molar-refractivity contribution in [3.8, 4) is 0 Å². The van der Waals surface area contributed by atoms with Gasteiger partial charge in [0.2, 0.25) is 0 Å².